The number of rotatable bonds is 2. The number of piperazine rings is 3. The van der Waals surface area contributed by atoms with Gasteiger partial charge in [-0.05, 0) is 6.42 Å². The molecule has 4 fully saturated rings. The molecule has 5 heterocycles. The summed E-state index contributed by atoms with van der Waals surface area (Å²) in [4.78, 5) is 9.54. The van der Waals surface area contributed by atoms with Crippen LogP contribution in [0.25, 0.3) is 0 Å². The lowest BCUT2D eigenvalue weighted by atomic mass is 9.97. The lowest BCUT2D eigenvalue weighted by molar-refractivity contribution is 0.00780. The summed E-state index contributed by atoms with van der Waals surface area (Å²) in [5.41, 5.74) is 6.13. The second-order valence-corrected chi connectivity index (χ2v) is 5.98. The molecule has 0 aliphatic carbocycles. The van der Waals surface area contributed by atoms with E-state index in [0.29, 0.717) is 12.5 Å². The Labute approximate surface area is 118 Å². The highest BCUT2D eigenvalue weighted by Crippen LogP contribution is 2.29. The highest BCUT2D eigenvalue weighted by atomic mass is 16.5. The topological polar surface area (TPSA) is 80.7 Å². The smallest absolute Gasteiger partial charge is 0.233 e. The summed E-state index contributed by atoms with van der Waals surface area (Å²) < 4.78 is 11.0. The molecule has 110 valence electrons. The molecule has 2 bridgehead atoms. The van der Waals surface area contributed by atoms with E-state index >= 15 is 0 Å². The average Bonchev–Trinajstić information content (AvgIpc) is 2.98. The zero-order valence-corrected chi connectivity index (χ0v) is 11.6. The lowest BCUT2D eigenvalue weighted by Gasteiger charge is -2.46. The molecule has 4 aliphatic rings. The standard InChI is InChI=1S/C13H21N5O2/c14-10-1-6-19-8-9(10)13-15-12(16-20-13)11-7-17-2-4-18(11)5-3-17/h9-11H,1-8,14H2. The summed E-state index contributed by atoms with van der Waals surface area (Å²) in [6.45, 7) is 6.83. The molecular weight excluding hydrogens is 258 g/mol. The molecule has 0 spiro atoms. The molecule has 4 saturated heterocycles. The van der Waals surface area contributed by atoms with Crippen molar-refractivity contribution in [3.05, 3.63) is 11.7 Å². The van der Waals surface area contributed by atoms with E-state index in [1.807, 2.05) is 0 Å². The van der Waals surface area contributed by atoms with Gasteiger partial charge in [0.1, 0.15) is 0 Å². The van der Waals surface area contributed by atoms with Crippen LogP contribution < -0.4 is 5.73 Å². The maximum atomic E-state index is 6.13. The largest absolute Gasteiger partial charge is 0.381 e. The number of aromatic nitrogens is 2. The second-order valence-electron chi connectivity index (χ2n) is 5.98. The molecule has 3 atom stereocenters. The van der Waals surface area contributed by atoms with Crippen molar-refractivity contribution in [2.45, 2.75) is 24.4 Å². The van der Waals surface area contributed by atoms with Gasteiger partial charge in [0.2, 0.25) is 5.89 Å². The van der Waals surface area contributed by atoms with Crippen LogP contribution in [0.4, 0.5) is 0 Å². The predicted molar refractivity (Wildman–Crippen MR) is 71.2 cm³/mol. The van der Waals surface area contributed by atoms with Crippen LogP contribution in [0.5, 0.6) is 0 Å². The first-order valence-corrected chi connectivity index (χ1v) is 7.44. The molecule has 20 heavy (non-hydrogen) atoms. The first-order valence-electron chi connectivity index (χ1n) is 7.44. The number of ether oxygens (including phenoxy) is 1. The number of hydrogen-bond acceptors (Lipinski definition) is 7. The van der Waals surface area contributed by atoms with Gasteiger partial charge < -0.3 is 15.0 Å². The Bertz CT molecular complexity index is 471. The molecule has 0 aromatic carbocycles. The summed E-state index contributed by atoms with van der Waals surface area (Å²) >= 11 is 0. The van der Waals surface area contributed by atoms with Crippen LogP contribution in [-0.4, -0.2) is 71.9 Å². The quantitative estimate of drug-likeness (QED) is 0.787. The van der Waals surface area contributed by atoms with Crippen molar-refractivity contribution in [3.8, 4) is 0 Å². The Kier molecular flexibility index (Phi) is 3.22. The molecule has 1 aromatic rings. The monoisotopic (exact) mass is 279 g/mol. The van der Waals surface area contributed by atoms with Crippen molar-refractivity contribution >= 4 is 0 Å². The second kappa shape index (κ2) is 5.07. The molecule has 0 radical (unpaired) electrons. The molecule has 3 unspecified atom stereocenters. The molecular formula is C13H21N5O2. The third-order valence-corrected chi connectivity index (χ3v) is 4.76. The predicted octanol–water partition coefficient (Wildman–Crippen LogP) is -0.427. The van der Waals surface area contributed by atoms with Crippen LogP contribution in [0.3, 0.4) is 0 Å². The van der Waals surface area contributed by atoms with E-state index in [1.165, 1.54) is 0 Å². The zero-order valence-electron chi connectivity index (χ0n) is 11.6. The number of nitrogens with zero attached hydrogens (tertiary/aromatic N) is 4. The van der Waals surface area contributed by atoms with Gasteiger partial charge in [-0.25, -0.2) is 0 Å². The molecule has 5 rings (SSSR count). The van der Waals surface area contributed by atoms with Crippen molar-refractivity contribution < 1.29 is 9.26 Å². The summed E-state index contributed by atoms with van der Waals surface area (Å²) in [5, 5.41) is 4.20. The third kappa shape index (κ3) is 2.14. The van der Waals surface area contributed by atoms with Crippen molar-refractivity contribution in [2.24, 2.45) is 5.73 Å². The van der Waals surface area contributed by atoms with E-state index in [1.54, 1.807) is 0 Å². The van der Waals surface area contributed by atoms with Crippen molar-refractivity contribution in [1.82, 2.24) is 19.9 Å². The maximum Gasteiger partial charge on any atom is 0.233 e. The van der Waals surface area contributed by atoms with Crippen LogP contribution in [0.2, 0.25) is 0 Å². The van der Waals surface area contributed by atoms with Gasteiger partial charge in [0.25, 0.3) is 0 Å². The Morgan fingerprint density at radius 2 is 2.05 bits per heavy atom. The fraction of sp³-hybridized carbons (Fsp3) is 0.846. The minimum Gasteiger partial charge on any atom is -0.381 e. The van der Waals surface area contributed by atoms with E-state index < -0.39 is 0 Å². The summed E-state index contributed by atoms with van der Waals surface area (Å²) in [7, 11) is 0. The maximum absolute atomic E-state index is 6.13. The molecule has 1 aromatic heterocycles. The van der Waals surface area contributed by atoms with Gasteiger partial charge >= 0.3 is 0 Å². The van der Waals surface area contributed by atoms with Crippen LogP contribution in [-0.2, 0) is 4.74 Å². The van der Waals surface area contributed by atoms with E-state index in [-0.39, 0.29) is 18.0 Å². The van der Waals surface area contributed by atoms with Crippen molar-refractivity contribution in [3.63, 3.8) is 0 Å². The van der Waals surface area contributed by atoms with Gasteiger partial charge in [-0.15, -0.1) is 0 Å². The highest BCUT2D eigenvalue weighted by molar-refractivity contribution is 5.05. The molecule has 0 amide bonds. The first-order chi connectivity index (χ1) is 9.81. The Morgan fingerprint density at radius 1 is 1.20 bits per heavy atom. The van der Waals surface area contributed by atoms with Crippen molar-refractivity contribution in [2.75, 3.05) is 45.9 Å². The Balaban J connectivity index is 1.53. The molecule has 4 aliphatic heterocycles. The van der Waals surface area contributed by atoms with E-state index in [2.05, 4.69) is 19.9 Å². The van der Waals surface area contributed by atoms with Gasteiger partial charge in [0.15, 0.2) is 5.82 Å². The molecule has 0 saturated carbocycles. The number of hydrogen-bond donors (Lipinski definition) is 1. The van der Waals surface area contributed by atoms with Gasteiger partial charge in [-0.2, -0.15) is 4.98 Å². The van der Waals surface area contributed by atoms with Crippen LogP contribution in [0, 0.1) is 0 Å². The van der Waals surface area contributed by atoms with Crippen LogP contribution in [0.15, 0.2) is 4.52 Å². The fourth-order valence-electron chi connectivity index (χ4n) is 3.40. The Hall–Kier alpha value is -1.02. The first kappa shape index (κ1) is 12.7. The third-order valence-electron chi connectivity index (χ3n) is 4.76. The van der Waals surface area contributed by atoms with Crippen LogP contribution in [0.1, 0.15) is 30.1 Å². The fourth-order valence-corrected chi connectivity index (χ4v) is 3.40. The van der Waals surface area contributed by atoms with Gasteiger partial charge in [0, 0.05) is 45.4 Å². The molecule has 7 heteroatoms. The van der Waals surface area contributed by atoms with Crippen molar-refractivity contribution in [1.29, 1.82) is 0 Å². The average molecular weight is 279 g/mol. The van der Waals surface area contributed by atoms with Gasteiger partial charge in [-0.1, -0.05) is 5.16 Å². The molecule has 7 nitrogen and oxygen atoms in total. The SMILES string of the molecule is NC1CCOCC1c1nc(C2CN3CCN2CC3)no1. The normalized spacial score (nSPS) is 41.0. The minimum absolute atomic E-state index is 0.0427. The Morgan fingerprint density at radius 3 is 2.75 bits per heavy atom. The van der Waals surface area contributed by atoms with E-state index in [4.69, 9.17) is 15.0 Å². The van der Waals surface area contributed by atoms with E-state index in [0.717, 1.165) is 51.6 Å². The zero-order chi connectivity index (χ0) is 13.5. The highest BCUT2D eigenvalue weighted by Gasteiger charge is 2.37. The lowest BCUT2D eigenvalue weighted by Crippen LogP contribution is -2.57. The number of fused-ring (bicyclic) bond motifs is 3. The van der Waals surface area contributed by atoms with E-state index in [9.17, 15) is 0 Å². The minimum atomic E-state index is 0.0427. The summed E-state index contributed by atoms with van der Waals surface area (Å²) in [6.07, 6.45) is 0.853. The van der Waals surface area contributed by atoms with Gasteiger partial charge in [-0.3, -0.25) is 9.80 Å². The summed E-state index contributed by atoms with van der Waals surface area (Å²) in [6, 6.07) is 0.333. The van der Waals surface area contributed by atoms with Gasteiger partial charge in [0.05, 0.1) is 18.6 Å². The summed E-state index contributed by atoms with van der Waals surface area (Å²) in [5.74, 6) is 1.49. The van der Waals surface area contributed by atoms with Crippen LogP contribution >= 0.6 is 0 Å². The molecule has 2 N–H and O–H groups in total. The number of nitrogens with two attached hydrogens (primary N) is 1.